The van der Waals surface area contributed by atoms with E-state index >= 15 is 0 Å². The van der Waals surface area contributed by atoms with Gasteiger partial charge >= 0.3 is 12.2 Å². The van der Waals surface area contributed by atoms with Crippen molar-refractivity contribution >= 4 is 28.4 Å². The minimum Gasteiger partial charge on any atom is -0.351 e. The number of aromatic amines is 1. The normalized spacial score (nSPS) is 11.6. The first-order chi connectivity index (χ1) is 14.3. The zero-order chi connectivity index (χ0) is 21.3. The Morgan fingerprint density at radius 2 is 1.80 bits per heavy atom. The van der Waals surface area contributed by atoms with E-state index in [-0.39, 0.29) is 5.69 Å². The predicted molar refractivity (Wildman–Crippen MR) is 109 cm³/mol. The molecule has 0 fully saturated rings. The molecule has 0 aliphatic rings. The molecule has 0 atom stereocenters. The Labute approximate surface area is 170 Å². The molecule has 30 heavy (non-hydrogen) atoms. The van der Waals surface area contributed by atoms with Gasteiger partial charge in [0.1, 0.15) is 5.65 Å². The summed E-state index contributed by atoms with van der Waals surface area (Å²) in [6, 6.07) is 14.4. The molecule has 4 rings (SSSR count). The highest BCUT2D eigenvalue weighted by Crippen LogP contribution is 2.34. The molecule has 0 radical (unpaired) electrons. The Bertz CT molecular complexity index is 1200. The van der Waals surface area contributed by atoms with Crippen LogP contribution in [0.25, 0.3) is 11.0 Å². The smallest absolute Gasteiger partial charge is 0.351 e. The highest BCUT2D eigenvalue weighted by atomic mass is 19.4. The molecule has 0 aliphatic carbocycles. The lowest BCUT2D eigenvalue weighted by Crippen LogP contribution is -2.31. The van der Waals surface area contributed by atoms with E-state index in [2.05, 4.69) is 9.97 Å². The van der Waals surface area contributed by atoms with Crippen LogP contribution in [0.5, 0.6) is 0 Å². The first-order valence-corrected chi connectivity index (χ1v) is 9.09. The van der Waals surface area contributed by atoms with E-state index in [4.69, 9.17) is 5.73 Å². The molecule has 0 bridgehead atoms. The second-order valence-corrected chi connectivity index (χ2v) is 6.78. The fourth-order valence-corrected chi connectivity index (χ4v) is 3.37. The largest absolute Gasteiger partial charge is 0.416 e. The third kappa shape index (κ3) is 3.84. The van der Waals surface area contributed by atoms with Crippen molar-refractivity contribution in [3.63, 3.8) is 0 Å². The van der Waals surface area contributed by atoms with E-state index in [1.165, 1.54) is 12.1 Å². The third-order valence-corrected chi connectivity index (χ3v) is 4.78. The van der Waals surface area contributed by atoms with Gasteiger partial charge in [-0.25, -0.2) is 9.78 Å². The number of nitrogens with two attached hydrogens (primary N) is 1. The number of nitrogens with one attached hydrogen (secondary N) is 1. The van der Waals surface area contributed by atoms with Crippen LogP contribution in [0.1, 0.15) is 16.7 Å². The van der Waals surface area contributed by atoms with Crippen LogP contribution in [0.4, 0.5) is 29.3 Å². The molecule has 0 saturated carbocycles. The number of fused-ring (bicyclic) bond motifs is 1. The second-order valence-electron chi connectivity index (χ2n) is 6.78. The van der Waals surface area contributed by atoms with Gasteiger partial charge < -0.3 is 10.7 Å². The number of benzene rings is 2. The fraction of sp³-hybridized carbons (Fsp3) is 0.0909. The van der Waals surface area contributed by atoms with E-state index in [9.17, 15) is 18.0 Å². The number of rotatable bonds is 4. The van der Waals surface area contributed by atoms with Crippen LogP contribution >= 0.6 is 0 Å². The van der Waals surface area contributed by atoms with Gasteiger partial charge in [-0.15, -0.1) is 0 Å². The number of urea groups is 1. The number of anilines is 2. The van der Waals surface area contributed by atoms with Crippen LogP contribution in [-0.4, -0.2) is 16.0 Å². The van der Waals surface area contributed by atoms with Crippen LogP contribution < -0.4 is 10.6 Å². The molecule has 0 saturated heterocycles. The summed E-state index contributed by atoms with van der Waals surface area (Å²) >= 11 is 0. The molecular formula is C22H17F3N4O. The number of amides is 2. The predicted octanol–water partition coefficient (Wildman–Crippen LogP) is 5.39. The molecule has 2 aromatic carbocycles. The zero-order valence-electron chi connectivity index (χ0n) is 15.6. The molecule has 5 nitrogen and oxygen atoms in total. The lowest BCUT2D eigenvalue weighted by atomic mass is 10.0. The summed E-state index contributed by atoms with van der Waals surface area (Å²) in [5.41, 5.74) is 7.88. The standard InChI is InChI=1S/C22H17F3N4O/c23-22(24,25)16-3-1-4-18(12-16)29(21(26)30)17-8-6-14(7-9-17)11-15-13-28-20-19(15)5-2-10-27-20/h1-10,12-13H,11H2,(H2,26,30)(H,27,28). The number of hydrogen-bond donors (Lipinski definition) is 2. The number of H-pyrrole nitrogens is 1. The Balaban J connectivity index is 1.62. The number of primary amides is 1. The van der Waals surface area contributed by atoms with Crippen LogP contribution in [0.2, 0.25) is 0 Å². The molecule has 2 aromatic heterocycles. The first-order valence-electron chi connectivity index (χ1n) is 9.09. The Hall–Kier alpha value is -3.81. The van der Waals surface area contributed by atoms with Crippen LogP contribution in [0.3, 0.4) is 0 Å². The molecule has 2 heterocycles. The van der Waals surface area contributed by atoms with Gasteiger partial charge in [-0.1, -0.05) is 18.2 Å². The van der Waals surface area contributed by atoms with Gasteiger partial charge in [0.25, 0.3) is 0 Å². The third-order valence-electron chi connectivity index (χ3n) is 4.78. The fourth-order valence-electron chi connectivity index (χ4n) is 3.37. The van der Waals surface area contributed by atoms with Crippen molar-refractivity contribution in [2.45, 2.75) is 12.6 Å². The average molecular weight is 410 g/mol. The van der Waals surface area contributed by atoms with Crippen molar-refractivity contribution in [3.8, 4) is 0 Å². The monoisotopic (exact) mass is 410 g/mol. The Morgan fingerprint density at radius 3 is 2.50 bits per heavy atom. The van der Waals surface area contributed by atoms with Crippen molar-refractivity contribution in [2.24, 2.45) is 5.73 Å². The van der Waals surface area contributed by atoms with Crippen LogP contribution in [-0.2, 0) is 12.6 Å². The van der Waals surface area contributed by atoms with Crippen molar-refractivity contribution in [1.29, 1.82) is 0 Å². The summed E-state index contributed by atoms with van der Waals surface area (Å²) in [6.07, 6.45) is -0.281. The lowest BCUT2D eigenvalue weighted by Gasteiger charge is -2.22. The number of pyridine rings is 1. The first kappa shape index (κ1) is 19.5. The molecule has 0 spiro atoms. The Morgan fingerprint density at radius 1 is 1.03 bits per heavy atom. The molecule has 4 aromatic rings. The molecule has 2 amide bonds. The van der Waals surface area contributed by atoms with E-state index in [0.29, 0.717) is 12.1 Å². The van der Waals surface area contributed by atoms with E-state index in [1.54, 1.807) is 18.3 Å². The van der Waals surface area contributed by atoms with Gasteiger partial charge in [0.2, 0.25) is 0 Å². The number of halogens is 3. The summed E-state index contributed by atoms with van der Waals surface area (Å²) in [4.78, 5) is 20.4. The number of nitrogens with zero attached hydrogens (tertiary/aromatic N) is 2. The van der Waals surface area contributed by atoms with Gasteiger partial charge in [0.15, 0.2) is 0 Å². The van der Waals surface area contributed by atoms with Gasteiger partial charge in [0, 0.05) is 17.8 Å². The van der Waals surface area contributed by atoms with E-state index in [0.717, 1.165) is 39.2 Å². The van der Waals surface area contributed by atoms with Gasteiger partial charge in [-0.05, 0) is 60.0 Å². The number of alkyl halides is 3. The lowest BCUT2D eigenvalue weighted by molar-refractivity contribution is -0.137. The molecular weight excluding hydrogens is 393 g/mol. The molecule has 3 N–H and O–H groups in total. The van der Waals surface area contributed by atoms with Gasteiger partial charge in [-0.2, -0.15) is 13.2 Å². The van der Waals surface area contributed by atoms with Gasteiger partial charge in [0.05, 0.1) is 16.9 Å². The number of carbonyl (C=O) groups is 1. The minimum absolute atomic E-state index is 0.0489. The van der Waals surface area contributed by atoms with E-state index in [1.807, 2.05) is 30.5 Å². The highest BCUT2D eigenvalue weighted by Gasteiger charge is 2.31. The van der Waals surface area contributed by atoms with Crippen molar-refractivity contribution < 1.29 is 18.0 Å². The Kier molecular flexibility index (Phi) is 4.91. The van der Waals surface area contributed by atoms with E-state index < -0.39 is 17.8 Å². The summed E-state index contributed by atoms with van der Waals surface area (Å²) in [7, 11) is 0. The summed E-state index contributed by atoms with van der Waals surface area (Å²) < 4.78 is 39.1. The number of carbonyl (C=O) groups excluding carboxylic acids is 1. The quantitative estimate of drug-likeness (QED) is 0.473. The number of aromatic nitrogens is 2. The molecule has 152 valence electrons. The summed E-state index contributed by atoms with van der Waals surface area (Å²) in [6.45, 7) is 0. The van der Waals surface area contributed by atoms with Crippen molar-refractivity contribution in [2.75, 3.05) is 4.90 Å². The maximum Gasteiger partial charge on any atom is 0.416 e. The zero-order valence-corrected chi connectivity index (χ0v) is 15.6. The summed E-state index contributed by atoms with van der Waals surface area (Å²) in [5, 5.41) is 1.02. The number of hydrogen-bond acceptors (Lipinski definition) is 2. The van der Waals surface area contributed by atoms with Crippen molar-refractivity contribution in [1.82, 2.24) is 9.97 Å². The summed E-state index contributed by atoms with van der Waals surface area (Å²) in [5.74, 6) is 0. The van der Waals surface area contributed by atoms with Crippen LogP contribution in [0, 0.1) is 0 Å². The topological polar surface area (TPSA) is 75.0 Å². The SMILES string of the molecule is NC(=O)N(c1ccc(Cc2c[nH]c3ncccc23)cc1)c1cccc(C(F)(F)F)c1. The minimum atomic E-state index is -4.52. The second kappa shape index (κ2) is 7.55. The molecule has 8 heteroatoms. The van der Waals surface area contributed by atoms with Crippen molar-refractivity contribution in [3.05, 3.63) is 89.7 Å². The van der Waals surface area contributed by atoms with Gasteiger partial charge in [-0.3, -0.25) is 4.90 Å². The maximum atomic E-state index is 13.0. The molecule has 0 unspecified atom stereocenters. The van der Waals surface area contributed by atoms with Crippen LogP contribution in [0.15, 0.2) is 73.1 Å². The highest BCUT2D eigenvalue weighted by molar-refractivity contribution is 5.98. The molecule has 0 aliphatic heterocycles. The average Bonchev–Trinajstić information content (AvgIpc) is 3.12. The maximum absolute atomic E-state index is 13.0.